The van der Waals surface area contributed by atoms with Crippen molar-refractivity contribution in [2.24, 2.45) is 5.10 Å². The van der Waals surface area contributed by atoms with Gasteiger partial charge in [0.15, 0.2) is 0 Å². The highest BCUT2D eigenvalue weighted by atomic mass is 35.5. The molecule has 20 heavy (non-hydrogen) atoms. The first-order valence-corrected chi connectivity index (χ1v) is 6.66. The Morgan fingerprint density at radius 1 is 1.05 bits per heavy atom. The van der Waals surface area contributed by atoms with Crippen molar-refractivity contribution >= 4 is 46.4 Å². The third-order valence-electron chi connectivity index (χ3n) is 2.70. The van der Waals surface area contributed by atoms with E-state index in [0.717, 1.165) is 16.6 Å². The average molecular weight is 305 g/mol. The van der Waals surface area contributed by atoms with E-state index in [9.17, 15) is 0 Å². The summed E-state index contributed by atoms with van der Waals surface area (Å²) in [6, 6.07) is 12.8. The summed E-state index contributed by atoms with van der Waals surface area (Å²) in [5, 5.41) is 5.48. The van der Waals surface area contributed by atoms with Crippen LogP contribution in [0.25, 0.3) is 11.0 Å². The van der Waals surface area contributed by atoms with Crippen LogP contribution in [-0.2, 0) is 0 Å². The van der Waals surface area contributed by atoms with Gasteiger partial charge in [-0.05, 0) is 35.9 Å². The van der Waals surface area contributed by atoms with Crippen molar-refractivity contribution in [2.75, 3.05) is 5.43 Å². The second-order valence-corrected chi connectivity index (χ2v) is 5.04. The number of benzene rings is 2. The van der Waals surface area contributed by atoms with Crippen LogP contribution in [-0.4, -0.2) is 16.2 Å². The molecule has 2 N–H and O–H groups in total. The minimum absolute atomic E-state index is 0.562. The predicted octanol–water partition coefficient (Wildman–Crippen LogP) is 4.32. The maximum absolute atomic E-state index is 5.92. The van der Waals surface area contributed by atoms with Gasteiger partial charge in [-0.15, -0.1) is 0 Å². The summed E-state index contributed by atoms with van der Waals surface area (Å²) in [6.45, 7) is 0. The number of hydrogen-bond acceptors (Lipinski definition) is 3. The summed E-state index contributed by atoms with van der Waals surface area (Å²) in [6.07, 6.45) is 1.69. The summed E-state index contributed by atoms with van der Waals surface area (Å²) >= 11 is 11.7. The zero-order valence-electron chi connectivity index (χ0n) is 10.3. The number of aromatic amines is 1. The molecule has 0 unspecified atom stereocenters. The highest BCUT2D eigenvalue weighted by Gasteiger charge is 2.01. The van der Waals surface area contributed by atoms with Crippen molar-refractivity contribution in [3.63, 3.8) is 0 Å². The van der Waals surface area contributed by atoms with Crippen LogP contribution in [0, 0.1) is 0 Å². The number of aromatic nitrogens is 2. The molecule has 0 aliphatic heterocycles. The van der Waals surface area contributed by atoms with Crippen LogP contribution >= 0.6 is 23.2 Å². The van der Waals surface area contributed by atoms with Crippen molar-refractivity contribution in [1.29, 1.82) is 0 Å². The molecule has 4 nitrogen and oxygen atoms in total. The van der Waals surface area contributed by atoms with Gasteiger partial charge in [0.1, 0.15) is 0 Å². The van der Waals surface area contributed by atoms with E-state index in [0.29, 0.717) is 16.0 Å². The summed E-state index contributed by atoms with van der Waals surface area (Å²) in [5.74, 6) is 0.562. The predicted molar refractivity (Wildman–Crippen MR) is 83.8 cm³/mol. The number of hydrogen-bond donors (Lipinski definition) is 2. The molecule has 6 heteroatoms. The fourth-order valence-corrected chi connectivity index (χ4v) is 2.05. The second kappa shape index (κ2) is 5.53. The topological polar surface area (TPSA) is 53.1 Å². The molecule has 0 saturated carbocycles. The lowest BCUT2D eigenvalue weighted by atomic mass is 10.2. The number of fused-ring (bicyclic) bond motifs is 1. The number of rotatable bonds is 3. The summed E-state index contributed by atoms with van der Waals surface area (Å²) < 4.78 is 0. The Morgan fingerprint density at radius 3 is 2.60 bits per heavy atom. The molecule has 0 aliphatic rings. The van der Waals surface area contributed by atoms with Crippen LogP contribution in [0.4, 0.5) is 5.95 Å². The lowest BCUT2D eigenvalue weighted by Crippen LogP contribution is -1.92. The minimum atomic E-state index is 0.562. The van der Waals surface area contributed by atoms with Crippen molar-refractivity contribution in [3.05, 3.63) is 58.1 Å². The lowest BCUT2D eigenvalue weighted by molar-refractivity contribution is 1.21. The van der Waals surface area contributed by atoms with Crippen LogP contribution in [0.2, 0.25) is 10.0 Å². The Morgan fingerprint density at radius 2 is 1.80 bits per heavy atom. The van der Waals surface area contributed by atoms with E-state index in [1.807, 2.05) is 36.4 Å². The molecule has 0 radical (unpaired) electrons. The summed E-state index contributed by atoms with van der Waals surface area (Å²) in [4.78, 5) is 7.43. The molecular formula is C14H10Cl2N4. The van der Waals surface area contributed by atoms with Crippen molar-refractivity contribution in [1.82, 2.24) is 9.97 Å². The number of imidazole rings is 1. The zero-order chi connectivity index (χ0) is 13.9. The summed E-state index contributed by atoms with van der Waals surface area (Å²) in [5.41, 5.74) is 5.48. The molecule has 2 aromatic carbocycles. The van der Waals surface area contributed by atoms with Gasteiger partial charge in [-0.2, -0.15) is 5.10 Å². The van der Waals surface area contributed by atoms with Gasteiger partial charge in [0.05, 0.1) is 17.2 Å². The maximum atomic E-state index is 5.92. The maximum Gasteiger partial charge on any atom is 0.222 e. The number of nitrogens with zero attached hydrogens (tertiary/aromatic N) is 2. The van der Waals surface area contributed by atoms with E-state index < -0.39 is 0 Å². The minimum Gasteiger partial charge on any atom is -0.323 e. The van der Waals surface area contributed by atoms with Gasteiger partial charge in [0, 0.05) is 10.0 Å². The van der Waals surface area contributed by atoms with E-state index in [4.69, 9.17) is 23.2 Å². The Balaban J connectivity index is 1.74. The quantitative estimate of drug-likeness (QED) is 0.559. The van der Waals surface area contributed by atoms with Gasteiger partial charge in [-0.3, -0.25) is 0 Å². The number of halogens is 2. The zero-order valence-corrected chi connectivity index (χ0v) is 11.8. The van der Waals surface area contributed by atoms with Gasteiger partial charge >= 0.3 is 0 Å². The standard InChI is InChI=1S/C14H10Cl2N4/c15-10-3-1-9(2-4-10)8-17-20-14-18-12-6-5-11(16)7-13(12)19-14/h1-8H,(H2,18,19,20)/b17-8-. The van der Waals surface area contributed by atoms with Crippen molar-refractivity contribution in [3.8, 4) is 0 Å². The van der Waals surface area contributed by atoms with Crippen LogP contribution in [0.3, 0.4) is 0 Å². The smallest absolute Gasteiger partial charge is 0.222 e. The van der Waals surface area contributed by atoms with Gasteiger partial charge in [-0.25, -0.2) is 10.4 Å². The van der Waals surface area contributed by atoms with Crippen molar-refractivity contribution in [2.45, 2.75) is 0 Å². The Hall–Kier alpha value is -2.04. The van der Waals surface area contributed by atoms with Crippen LogP contribution in [0.5, 0.6) is 0 Å². The number of anilines is 1. The third kappa shape index (κ3) is 2.92. The fourth-order valence-electron chi connectivity index (χ4n) is 1.75. The number of H-pyrrole nitrogens is 1. The Bertz CT molecular complexity index is 762. The molecule has 3 aromatic rings. The third-order valence-corrected chi connectivity index (χ3v) is 3.19. The Labute approximate surface area is 125 Å². The van der Waals surface area contributed by atoms with E-state index in [1.54, 1.807) is 12.3 Å². The molecule has 0 fully saturated rings. The fraction of sp³-hybridized carbons (Fsp3) is 0. The van der Waals surface area contributed by atoms with E-state index in [-0.39, 0.29) is 0 Å². The van der Waals surface area contributed by atoms with Gasteiger partial charge < -0.3 is 4.98 Å². The lowest BCUT2D eigenvalue weighted by Gasteiger charge is -1.94. The molecule has 1 heterocycles. The second-order valence-electron chi connectivity index (χ2n) is 4.17. The molecule has 0 spiro atoms. The summed E-state index contributed by atoms with van der Waals surface area (Å²) in [7, 11) is 0. The normalized spacial score (nSPS) is 11.3. The highest BCUT2D eigenvalue weighted by Crippen LogP contribution is 2.18. The molecular weight excluding hydrogens is 295 g/mol. The SMILES string of the molecule is Clc1ccc(/C=N\Nc2nc3ccc(Cl)cc3[nH]2)cc1. The average Bonchev–Trinajstić information content (AvgIpc) is 2.83. The molecule has 3 rings (SSSR count). The molecule has 1 aromatic heterocycles. The first kappa shape index (κ1) is 13.0. The molecule has 100 valence electrons. The number of hydrazone groups is 1. The molecule has 0 atom stereocenters. The van der Waals surface area contributed by atoms with E-state index >= 15 is 0 Å². The van der Waals surface area contributed by atoms with E-state index in [1.165, 1.54) is 0 Å². The molecule has 0 aliphatic carbocycles. The first-order chi connectivity index (χ1) is 9.70. The number of nitrogens with one attached hydrogen (secondary N) is 2. The highest BCUT2D eigenvalue weighted by molar-refractivity contribution is 6.31. The van der Waals surface area contributed by atoms with Crippen LogP contribution in [0.15, 0.2) is 47.6 Å². The monoisotopic (exact) mass is 304 g/mol. The van der Waals surface area contributed by atoms with Crippen LogP contribution in [0.1, 0.15) is 5.56 Å². The van der Waals surface area contributed by atoms with Gasteiger partial charge in [0.25, 0.3) is 0 Å². The largest absolute Gasteiger partial charge is 0.323 e. The molecule has 0 bridgehead atoms. The van der Waals surface area contributed by atoms with Crippen molar-refractivity contribution < 1.29 is 0 Å². The Kier molecular flexibility index (Phi) is 3.58. The van der Waals surface area contributed by atoms with E-state index in [2.05, 4.69) is 20.5 Å². The van der Waals surface area contributed by atoms with Crippen LogP contribution < -0.4 is 5.43 Å². The van der Waals surface area contributed by atoms with Gasteiger partial charge in [0.2, 0.25) is 5.95 Å². The van der Waals surface area contributed by atoms with Gasteiger partial charge in [-0.1, -0.05) is 35.3 Å². The molecule has 0 saturated heterocycles. The molecule has 0 amide bonds. The first-order valence-electron chi connectivity index (χ1n) is 5.91.